The van der Waals surface area contributed by atoms with E-state index in [4.69, 9.17) is 20.4 Å². The molecule has 1 rings (SSSR count). The quantitative estimate of drug-likeness (QED) is 0.558. The van der Waals surface area contributed by atoms with Crippen LogP contribution in [0.3, 0.4) is 0 Å². The van der Waals surface area contributed by atoms with E-state index in [9.17, 15) is 10.5 Å². The van der Waals surface area contributed by atoms with Gasteiger partial charge in [0.05, 0.1) is 6.61 Å². The minimum absolute atomic E-state index is 0.139. The number of hydrogen-bond donors (Lipinski definition) is 4. The molecule has 20 heavy (non-hydrogen) atoms. The number of aryl methyl sites for hydroxylation is 1. The van der Waals surface area contributed by atoms with E-state index >= 15 is 0 Å². The van der Waals surface area contributed by atoms with Gasteiger partial charge in [-0.25, -0.2) is 0 Å². The summed E-state index contributed by atoms with van der Waals surface area (Å²) in [6.07, 6.45) is 0. The first-order chi connectivity index (χ1) is 9.33. The molecule has 0 aliphatic carbocycles. The molecule has 0 fully saturated rings. The molecule has 0 spiro atoms. The van der Waals surface area contributed by atoms with Crippen molar-refractivity contribution in [1.82, 2.24) is 0 Å². The van der Waals surface area contributed by atoms with Gasteiger partial charge < -0.3 is 20.4 Å². The van der Waals surface area contributed by atoms with Gasteiger partial charge in [0, 0.05) is 21.3 Å². The Morgan fingerprint density at radius 1 is 0.800 bits per heavy atom. The minimum atomic E-state index is -7.18. The van der Waals surface area contributed by atoms with Crippen molar-refractivity contribution in [3.05, 3.63) is 35.4 Å². The summed E-state index contributed by atoms with van der Waals surface area (Å²) in [5.41, 5.74) is 2.20. The zero-order chi connectivity index (χ0) is 17.2. The summed E-state index contributed by atoms with van der Waals surface area (Å²) in [6, 6.07) is 7.84. The standard InChI is InChI=1S/C8H10O.3CH4O.4FH.Zr/c1-7-2-4-8(6-9)5-3-7;3*1-2;;;;;/h2-5,9H,6H2,1H3;3*2H,1H3;4*1H;/q;;;;;;;;+4/p-4. The molecular weight excluding hydrogens is 363 g/mol. The predicted octanol–water partition coefficient (Wildman–Crippen LogP) is 1.99. The van der Waals surface area contributed by atoms with Crippen molar-refractivity contribution in [2.45, 2.75) is 13.5 Å². The van der Waals surface area contributed by atoms with Gasteiger partial charge in [0.2, 0.25) is 0 Å². The second-order valence-electron chi connectivity index (χ2n) is 2.57. The Hall–Kier alpha value is -0.337. The number of aliphatic hydroxyl groups is 4. The van der Waals surface area contributed by atoms with Crippen molar-refractivity contribution >= 4 is 0 Å². The van der Waals surface area contributed by atoms with Gasteiger partial charge in [-0.15, -0.1) is 0 Å². The average molecular weight is 386 g/mol. The molecule has 9 heteroatoms. The molecule has 0 aliphatic heterocycles. The Kier molecular flexibility index (Phi) is 29.3. The van der Waals surface area contributed by atoms with Crippen molar-refractivity contribution in [2.75, 3.05) is 21.3 Å². The molecule has 0 atom stereocenters. The molecule has 0 bridgehead atoms. The fourth-order valence-corrected chi connectivity index (χ4v) is 0.693. The summed E-state index contributed by atoms with van der Waals surface area (Å²) < 4.78 is 39.6. The van der Waals surface area contributed by atoms with Crippen molar-refractivity contribution in [1.29, 1.82) is 0 Å². The summed E-state index contributed by atoms with van der Waals surface area (Å²) in [5, 5.41) is 29.6. The third-order valence-corrected chi connectivity index (χ3v) is 1.30. The van der Waals surface area contributed by atoms with Crippen LogP contribution in [-0.4, -0.2) is 41.8 Å². The molecule has 0 heterocycles. The zero-order valence-corrected chi connectivity index (χ0v) is 14.3. The van der Waals surface area contributed by atoms with Crippen molar-refractivity contribution in [3.63, 3.8) is 0 Å². The molecule has 122 valence electrons. The van der Waals surface area contributed by atoms with E-state index < -0.39 is 22.7 Å². The van der Waals surface area contributed by atoms with Crippen LogP contribution in [0.4, 0.5) is 10.5 Å². The summed E-state index contributed by atoms with van der Waals surface area (Å²) >= 11 is -7.18. The van der Waals surface area contributed by atoms with Crippen LogP contribution in [0.25, 0.3) is 0 Å². The number of hydrogen-bond acceptors (Lipinski definition) is 4. The third kappa shape index (κ3) is 36.1. The van der Waals surface area contributed by atoms with Crippen molar-refractivity contribution in [2.24, 2.45) is 0 Å². The molecule has 0 aromatic heterocycles. The molecule has 0 radical (unpaired) electrons. The van der Waals surface area contributed by atoms with Crippen LogP contribution in [0, 0.1) is 6.92 Å². The first-order valence-corrected chi connectivity index (χ1v) is 8.80. The summed E-state index contributed by atoms with van der Waals surface area (Å²) in [7, 11) is 3.00. The number of benzene rings is 1. The van der Waals surface area contributed by atoms with Crippen molar-refractivity contribution in [3.8, 4) is 0 Å². The van der Waals surface area contributed by atoms with E-state index in [1.807, 2.05) is 31.2 Å². The van der Waals surface area contributed by atoms with E-state index in [-0.39, 0.29) is 6.61 Å². The van der Waals surface area contributed by atoms with E-state index in [0.29, 0.717) is 0 Å². The summed E-state index contributed by atoms with van der Waals surface area (Å²) in [5.74, 6) is 0. The normalized spacial score (nSPS) is 8.20. The van der Waals surface area contributed by atoms with Crippen LogP contribution in [0.1, 0.15) is 11.1 Å². The Morgan fingerprint density at radius 2 is 1.05 bits per heavy atom. The average Bonchev–Trinajstić information content (AvgIpc) is 2.44. The van der Waals surface area contributed by atoms with Crippen LogP contribution in [0.5, 0.6) is 0 Å². The van der Waals surface area contributed by atoms with Gasteiger partial charge in [-0.05, 0) is 12.5 Å². The Morgan fingerprint density at radius 3 is 1.25 bits per heavy atom. The number of aliphatic hydroxyl groups excluding tert-OH is 4. The van der Waals surface area contributed by atoms with Crippen LogP contribution in [0.15, 0.2) is 24.3 Å². The maximum atomic E-state index is 9.90. The second kappa shape index (κ2) is 21.0. The summed E-state index contributed by atoms with van der Waals surface area (Å²) in [4.78, 5) is 0. The summed E-state index contributed by atoms with van der Waals surface area (Å²) in [6.45, 7) is 2.17. The van der Waals surface area contributed by atoms with Crippen LogP contribution in [-0.2, 0) is 29.3 Å². The van der Waals surface area contributed by atoms with Gasteiger partial charge in [-0.2, -0.15) is 0 Å². The molecule has 0 saturated heterocycles. The zero-order valence-electron chi connectivity index (χ0n) is 11.8. The van der Waals surface area contributed by atoms with E-state index in [0.717, 1.165) is 26.9 Å². The molecule has 1 aromatic carbocycles. The van der Waals surface area contributed by atoms with E-state index in [1.165, 1.54) is 5.56 Å². The molecule has 0 unspecified atom stereocenters. The van der Waals surface area contributed by atoms with Gasteiger partial charge in [0.15, 0.2) is 0 Å². The maximum absolute atomic E-state index is 9.90. The second-order valence-corrected chi connectivity index (χ2v) is 4.68. The Balaban J connectivity index is -0.000000100. The Bertz CT molecular complexity index is 262. The first-order valence-electron chi connectivity index (χ1n) is 5.09. The molecule has 4 N–H and O–H groups in total. The van der Waals surface area contributed by atoms with Crippen molar-refractivity contribution < 1.29 is 53.6 Å². The fraction of sp³-hybridized carbons (Fsp3) is 0.455. The van der Waals surface area contributed by atoms with Gasteiger partial charge in [0.1, 0.15) is 0 Å². The van der Waals surface area contributed by atoms with Gasteiger partial charge in [-0.3, -0.25) is 0 Å². The topological polar surface area (TPSA) is 80.9 Å². The van der Waals surface area contributed by atoms with E-state index in [1.54, 1.807) is 0 Å². The molecule has 4 nitrogen and oxygen atoms in total. The first kappa shape index (κ1) is 27.9. The predicted molar refractivity (Wildman–Crippen MR) is 66.0 cm³/mol. The molecular formula is C11H22F4O4Zr. The van der Waals surface area contributed by atoms with Crippen LogP contribution < -0.4 is 0 Å². The van der Waals surface area contributed by atoms with Gasteiger partial charge in [-0.1, -0.05) is 29.8 Å². The molecule has 0 saturated carbocycles. The molecule has 0 amide bonds. The number of rotatable bonds is 1. The molecule has 0 aliphatic rings. The van der Waals surface area contributed by atoms with E-state index in [2.05, 4.69) is 0 Å². The number of halogens is 4. The van der Waals surface area contributed by atoms with Gasteiger partial charge >= 0.3 is 33.2 Å². The third-order valence-electron chi connectivity index (χ3n) is 1.30. The van der Waals surface area contributed by atoms with Crippen LogP contribution >= 0.6 is 0 Å². The molecule has 1 aromatic rings. The van der Waals surface area contributed by atoms with Crippen LogP contribution in [0.2, 0.25) is 0 Å². The SMILES string of the molecule is CO.CO.CO.Cc1ccc(CO)cc1.[F][Zr]([F])([F])[F]. The fourth-order valence-electron chi connectivity index (χ4n) is 0.693. The van der Waals surface area contributed by atoms with Gasteiger partial charge in [0.25, 0.3) is 0 Å². The Labute approximate surface area is 124 Å². The monoisotopic (exact) mass is 384 g/mol.